The summed E-state index contributed by atoms with van der Waals surface area (Å²) in [5.74, 6) is -0.00856. The summed E-state index contributed by atoms with van der Waals surface area (Å²) < 4.78 is 1.05. The predicted octanol–water partition coefficient (Wildman–Crippen LogP) is 4.39. The summed E-state index contributed by atoms with van der Waals surface area (Å²) in [7, 11) is 0. The molecule has 0 aromatic heterocycles. The summed E-state index contributed by atoms with van der Waals surface area (Å²) in [5, 5.41) is 0. The van der Waals surface area contributed by atoms with Crippen LogP contribution in [0.3, 0.4) is 0 Å². The highest BCUT2D eigenvalue weighted by atomic mass is 79.9. The van der Waals surface area contributed by atoms with E-state index in [0.29, 0.717) is 11.3 Å². The Hall–Kier alpha value is -1.26. The van der Waals surface area contributed by atoms with Crippen molar-refractivity contribution in [2.75, 3.05) is 5.73 Å². The van der Waals surface area contributed by atoms with Gasteiger partial charge >= 0.3 is 0 Å². The Balaban J connectivity index is 2.27. The molecule has 0 spiro atoms. The van der Waals surface area contributed by atoms with E-state index in [4.69, 9.17) is 5.73 Å². The Kier molecular flexibility index (Phi) is 4.09. The standard InChI is InChI=1S/C14H12BrNOS/c1-9(17)13-8-12(6-7-14(13)16)18-11-4-2-10(15)3-5-11/h2-8H,16H2,1H3. The molecule has 0 unspecified atom stereocenters. The van der Waals surface area contributed by atoms with Crippen LogP contribution in [-0.4, -0.2) is 5.78 Å². The number of hydrogen-bond acceptors (Lipinski definition) is 3. The van der Waals surface area contributed by atoms with Crippen LogP contribution in [0.4, 0.5) is 5.69 Å². The fourth-order valence-corrected chi connectivity index (χ4v) is 2.66. The second-order valence-electron chi connectivity index (χ2n) is 3.86. The average molecular weight is 322 g/mol. The summed E-state index contributed by atoms with van der Waals surface area (Å²) in [6, 6.07) is 13.6. The third kappa shape index (κ3) is 3.15. The first-order valence-corrected chi connectivity index (χ1v) is 7.01. The lowest BCUT2D eigenvalue weighted by Gasteiger charge is -2.06. The van der Waals surface area contributed by atoms with Crippen molar-refractivity contribution < 1.29 is 4.79 Å². The van der Waals surface area contributed by atoms with Gasteiger partial charge in [-0.25, -0.2) is 0 Å². The molecule has 0 heterocycles. The van der Waals surface area contributed by atoms with Gasteiger partial charge in [0.1, 0.15) is 0 Å². The molecule has 2 N–H and O–H groups in total. The zero-order valence-corrected chi connectivity index (χ0v) is 12.2. The zero-order chi connectivity index (χ0) is 13.1. The lowest BCUT2D eigenvalue weighted by molar-refractivity contribution is 0.101. The van der Waals surface area contributed by atoms with E-state index in [2.05, 4.69) is 15.9 Å². The van der Waals surface area contributed by atoms with Crippen molar-refractivity contribution in [1.29, 1.82) is 0 Å². The number of hydrogen-bond donors (Lipinski definition) is 1. The van der Waals surface area contributed by atoms with Gasteiger partial charge in [0.2, 0.25) is 0 Å². The molecule has 0 bridgehead atoms. The predicted molar refractivity (Wildman–Crippen MR) is 79.1 cm³/mol. The second kappa shape index (κ2) is 5.59. The molecule has 2 aromatic carbocycles. The quantitative estimate of drug-likeness (QED) is 0.673. The van der Waals surface area contributed by atoms with Crippen LogP contribution in [0.15, 0.2) is 56.7 Å². The molecule has 2 aromatic rings. The molecular weight excluding hydrogens is 310 g/mol. The Morgan fingerprint density at radius 1 is 1.11 bits per heavy atom. The minimum atomic E-state index is -0.00856. The van der Waals surface area contributed by atoms with Crippen molar-refractivity contribution in [1.82, 2.24) is 0 Å². The largest absolute Gasteiger partial charge is 0.398 e. The summed E-state index contributed by atoms with van der Waals surface area (Å²) in [6.45, 7) is 1.53. The van der Waals surface area contributed by atoms with Crippen molar-refractivity contribution in [3.63, 3.8) is 0 Å². The van der Waals surface area contributed by atoms with Crippen molar-refractivity contribution in [2.45, 2.75) is 16.7 Å². The fourth-order valence-electron chi connectivity index (χ4n) is 1.54. The number of Topliss-reactive ketones (excluding diaryl/α,β-unsaturated/α-hetero) is 1. The molecule has 92 valence electrons. The van der Waals surface area contributed by atoms with E-state index in [-0.39, 0.29) is 5.78 Å². The molecule has 4 heteroatoms. The number of benzene rings is 2. The maximum absolute atomic E-state index is 11.4. The van der Waals surface area contributed by atoms with Crippen LogP contribution in [0.2, 0.25) is 0 Å². The molecule has 0 aliphatic heterocycles. The van der Waals surface area contributed by atoms with Gasteiger partial charge in [-0.05, 0) is 49.4 Å². The molecule has 0 radical (unpaired) electrons. The van der Waals surface area contributed by atoms with Crippen LogP contribution in [0.1, 0.15) is 17.3 Å². The van der Waals surface area contributed by atoms with Gasteiger partial charge in [0, 0.05) is 25.5 Å². The zero-order valence-electron chi connectivity index (χ0n) is 9.81. The SMILES string of the molecule is CC(=O)c1cc(Sc2ccc(Br)cc2)ccc1N. The minimum absolute atomic E-state index is 0.00856. The molecule has 2 nitrogen and oxygen atoms in total. The summed E-state index contributed by atoms with van der Waals surface area (Å²) in [5.41, 5.74) is 6.88. The van der Waals surface area contributed by atoms with Gasteiger partial charge in [-0.2, -0.15) is 0 Å². The van der Waals surface area contributed by atoms with E-state index in [9.17, 15) is 4.79 Å². The molecule has 0 aliphatic carbocycles. The van der Waals surface area contributed by atoms with Gasteiger partial charge in [0.25, 0.3) is 0 Å². The van der Waals surface area contributed by atoms with E-state index in [1.165, 1.54) is 6.92 Å². The first kappa shape index (κ1) is 13.2. The smallest absolute Gasteiger partial charge is 0.161 e. The molecule has 0 saturated heterocycles. The monoisotopic (exact) mass is 321 g/mol. The molecular formula is C14H12BrNOS. The number of nitrogen functional groups attached to an aromatic ring is 1. The number of carbonyl (C=O) groups excluding carboxylic acids is 1. The van der Waals surface area contributed by atoms with Crippen molar-refractivity contribution in [3.8, 4) is 0 Å². The Bertz CT molecular complexity index is 581. The highest BCUT2D eigenvalue weighted by molar-refractivity contribution is 9.10. The first-order chi connectivity index (χ1) is 8.56. The van der Waals surface area contributed by atoms with Crippen LogP contribution in [-0.2, 0) is 0 Å². The van der Waals surface area contributed by atoms with Gasteiger partial charge in [0.05, 0.1) is 0 Å². The molecule has 0 fully saturated rings. The van der Waals surface area contributed by atoms with Gasteiger partial charge in [-0.15, -0.1) is 0 Å². The van der Waals surface area contributed by atoms with Crippen molar-refractivity contribution >= 4 is 39.2 Å². The number of ketones is 1. The third-order valence-corrected chi connectivity index (χ3v) is 3.98. The topological polar surface area (TPSA) is 43.1 Å². The molecule has 0 aliphatic rings. The minimum Gasteiger partial charge on any atom is -0.398 e. The maximum Gasteiger partial charge on any atom is 0.161 e. The van der Waals surface area contributed by atoms with Gasteiger partial charge in [-0.1, -0.05) is 27.7 Å². The molecule has 0 atom stereocenters. The van der Waals surface area contributed by atoms with E-state index in [1.807, 2.05) is 36.4 Å². The molecule has 18 heavy (non-hydrogen) atoms. The van der Waals surface area contributed by atoms with Gasteiger partial charge in [0.15, 0.2) is 5.78 Å². The van der Waals surface area contributed by atoms with Crippen molar-refractivity contribution in [2.24, 2.45) is 0 Å². The molecule has 0 saturated carbocycles. The lowest BCUT2D eigenvalue weighted by atomic mass is 10.1. The lowest BCUT2D eigenvalue weighted by Crippen LogP contribution is -1.99. The summed E-state index contributed by atoms with van der Waals surface area (Å²) >= 11 is 5.01. The molecule has 2 rings (SSSR count). The van der Waals surface area contributed by atoms with Crippen LogP contribution < -0.4 is 5.73 Å². The van der Waals surface area contributed by atoms with Crippen LogP contribution in [0.25, 0.3) is 0 Å². The van der Waals surface area contributed by atoms with E-state index in [0.717, 1.165) is 14.3 Å². The van der Waals surface area contributed by atoms with Crippen LogP contribution >= 0.6 is 27.7 Å². The molecule has 0 amide bonds. The third-order valence-electron chi connectivity index (χ3n) is 2.45. The highest BCUT2D eigenvalue weighted by Crippen LogP contribution is 2.30. The Morgan fingerprint density at radius 2 is 1.72 bits per heavy atom. The number of halogens is 1. The first-order valence-electron chi connectivity index (χ1n) is 5.40. The van der Waals surface area contributed by atoms with Gasteiger partial charge in [-0.3, -0.25) is 4.79 Å². The number of carbonyl (C=O) groups is 1. The van der Waals surface area contributed by atoms with Crippen LogP contribution in [0.5, 0.6) is 0 Å². The van der Waals surface area contributed by atoms with E-state index >= 15 is 0 Å². The summed E-state index contributed by atoms with van der Waals surface area (Å²) in [6.07, 6.45) is 0. The number of anilines is 1. The second-order valence-corrected chi connectivity index (χ2v) is 5.92. The fraction of sp³-hybridized carbons (Fsp3) is 0.0714. The van der Waals surface area contributed by atoms with Crippen molar-refractivity contribution in [3.05, 3.63) is 52.5 Å². The van der Waals surface area contributed by atoms with Crippen LogP contribution in [0, 0.1) is 0 Å². The van der Waals surface area contributed by atoms with E-state index < -0.39 is 0 Å². The Morgan fingerprint density at radius 3 is 2.33 bits per heavy atom. The Labute approximate surface area is 119 Å². The normalized spacial score (nSPS) is 10.3. The van der Waals surface area contributed by atoms with Gasteiger partial charge < -0.3 is 5.73 Å². The number of rotatable bonds is 3. The maximum atomic E-state index is 11.4. The number of nitrogens with two attached hydrogens (primary N) is 1. The summed E-state index contributed by atoms with van der Waals surface area (Å²) in [4.78, 5) is 13.6. The van der Waals surface area contributed by atoms with E-state index in [1.54, 1.807) is 17.8 Å². The highest BCUT2D eigenvalue weighted by Gasteiger charge is 2.06. The average Bonchev–Trinajstić information content (AvgIpc) is 2.34.